The van der Waals surface area contributed by atoms with Crippen molar-refractivity contribution in [3.63, 3.8) is 0 Å². The van der Waals surface area contributed by atoms with E-state index in [2.05, 4.69) is 25.7 Å². The highest BCUT2D eigenvalue weighted by Crippen LogP contribution is 2.32. The number of aryl methyl sites for hydroxylation is 1. The van der Waals surface area contributed by atoms with Crippen LogP contribution in [0, 0.1) is 6.92 Å². The van der Waals surface area contributed by atoms with Gasteiger partial charge in [0.15, 0.2) is 5.65 Å². The van der Waals surface area contributed by atoms with Crippen molar-refractivity contribution < 1.29 is 13.2 Å². The van der Waals surface area contributed by atoms with Crippen molar-refractivity contribution in [2.45, 2.75) is 26.2 Å². The first-order valence-electron chi connectivity index (χ1n) is 9.29. The number of alkyl halides is 3. The molecule has 0 bridgehead atoms. The summed E-state index contributed by atoms with van der Waals surface area (Å²) in [5.74, 6) is 1.13. The number of rotatable bonds is 6. The minimum atomic E-state index is -4.41. The summed E-state index contributed by atoms with van der Waals surface area (Å²) in [4.78, 5) is 8.61. The van der Waals surface area contributed by atoms with Crippen LogP contribution >= 0.6 is 0 Å². The third-order valence-corrected chi connectivity index (χ3v) is 4.63. The number of hydrogen-bond acceptors (Lipinski definition) is 5. The minimum absolute atomic E-state index is 0.00587. The van der Waals surface area contributed by atoms with Gasteiger partial charge in [-0.3, -0.25) is 4.98 Å². The lowest BCUT2D eigenvalue weighted by molar-refractivity contribution is -0.138. The van der Waals surface area contributed by atoms with Crippen LogP contribution in [0.25, 0.3) is 5.65 Å². The van der Waals surface area contributed by atoms with Gasteiger partial charge in [-0.2, -0.15) is 22.8 Å². The summed E-state index contributed by atoms with van der Waals surface area (Å²) in [6.45, 7) is 2.39. The molecule has 30 heavy (non-hydrogen) atoms. The van der Waals surface area contributed by atoms with Crippen molar-refractivity contribution in [1.82, 2.24) is 19.6 Å². The van der Waals surface area contributed by atoms with Crippen LogP contribution in [0.3, 0.4) is 0 Å². The molecular weight excluding hydrogens is 393 g/mol. The topological polar surface area (TPSA) is 67.1 Å². The monoisotopic (exact) mass is 412 g/mol. The second-order valence-corrected chi connectivity index (χ2v) is 6.81. The summed E-state index contributed by atoms with van der Waals surface area (Å²) in [5, 5.41) is 10.6. The molecule has 3 heterocycles. The van der Waals surface area contributed by atoms with Gasteiger partial charge in [0.2, 0.25) is 0 Å². The average Bonchev–Trinajstić information content (AvgIpc) is 3.12. The number of hydrogen-bond donors (Lipinski definition) is 2. The van der Waals surface area contributed by atoms with Gasteiger partial charge < -0.3 is 10.6 Å². The van der Waals surface area contributed by atoms with E-state index in [0.29, 0.717) is 23.8 Å². The number of pyridine rings is 1. The predicted octanol–water partition coefficient (Wildman–Crippen LogP) is 4.68. The van der Waals surface area contributed by atoms with Crippen LogP contribution < -0.4 is 10.6 Å². The smallest absolute Gasteiger partial charge is 0.366 e. The normalized spacial score (nSPS) is 11.6. The van der Waals surface area contributed by atoms with Gasteiger partial charge in [0.05, 0.1) is 11.8 Å². The van der Waals surface area contributed by atoms with Gasteiger partial charge in [0, 0.05) is 37.1 Å². The molecule has 0 radical (unpaired) electrons. The molecule has 154 valence electrons. The fraction of sp³-hybridized carbons (Fsp3) is 0.190. The first-order valence-corrected chi connectivity index (χ1v) is 9.29. The summed E-state index contributed by atoms with van der Waals surface area (Å²) in [6.07, 6.45) is 0.743. The molecule has 4 aromatic rings. The highest BCUT2D eigenvalue weighted by Gasteiger charge is 2.32. The summed E-state index contributed by atoms with van der Waals surface area (Å²) >= 11 is 0. The van der Waals surface area contributed by atoms with Crippen LogP contribution in [0.5, 0.6) is 0 Å². The summed E-state index contributed by atoms with van der Waals surface area (Å²) in [5.41, 5.74) is 1.97. The maximum atomic E-state index is 13.2. The van der Waals surface area contributed by atoms with Crippen LogP contribution in [0.2, 0.25) is 0 Å². The first-order chi connectivity index (χ1) is 14.4. The van der Waals surface area contributed by atoms with Crippen LogP contribution in [0.15, 0.2) is 61.1 Å². The van der Waals surface area contributed by atoms with Gasteiger partial charge in [-0.05, 0) is 30.2 Å². The molecule has 6 nitrogen and oxygen atoms in total. The summed E-state index contributed by atoms with van der Waals surface area (Å²) < 4.78 is 41.4. The van der Waals surface area contributed by atoms with Crippen molar-refractivity contribution in [3.05, 3.63) is 83.3 Å². The second-order valence-electron chi connectivity index (χ2n) is 6.81. The standard InChI is InChI=1S/C21H19F3N6/c1-14-10-28-30-19(27-12-15-5-4-8-25-11-15)9-18(29-20(14)30)26-13-16-6-2-3-7-17(16)21(22,23)24/h2-11,27H,12-13H2,1H3,(H,26,29). The van der Waals surface area contributed by atoms with E-state index in [9.17, 15) is 13.2 Å². The molecule has 1 aromatic carbocycles. The molecule has 0 aliphatic carbocycles. The fourth-order valence-corrected chi connectivity index (χ4v) is 3.12. The van der Waals surface area contributed by atoms with E-state index in [1.165, 1.54) is 12.1 Å². The van der Waals surface area contributed by atoms with Gasteiger partial charge in [0.1, 0.15) is 11.6 Å². The lowest BCUT2D eigenvalue weighted by Crippen LogP contribution is -2.13. The van der Waals surface area contributed by atoms with E-state index in [4.69, 9.17) is 0 Å². The van der Waals surface area contributed by atoms with E-state index in [1.807, 2.05) is 19.1 Å². The van der Waals surface area contributed by atoms with E-state index < -0.39 is 11.7 Å². The van der Waals surface area contributed by atoms with Crippen LogP contribution in [0.4, 0.5) is 24.8 Å². The Bertz CT molecular complexity index is 1150. The van der Waals surface area contributed by atoms with Gasteiger partial charge >= 0.3 is 6.18 Å². The van der Waals surface area contributed by atoms with Crippen molar-refractivity contribution >= 4 is 17.3 Å². The second kappa shape index (κ2) is 8.02. The van der Waals surface area contributed by atoms with Crippen molar-refractivity contribution in [2.75, 3.05) is 10.6 Å². The van der Waals surface area contributed by atoms with E-state index in [1.54, 1.807) is 35.2 Å². The number of benzene rings is 1. The number of nitrogens with zero attached hydrogens (tertiary/aromatic N) is 4. The number of anilines is 2. The Morgan fingerprint density at radius 3 is 2.60 bits per heavy atom. The molecule has 0 spiro atoms. The summed E-state index contributed by atoms with van der Waals surface area (Å²) in [6, 6.07) is 11.0. The predicted molar refractivity (Wildman–Crippen MR) is 108 cm³/mol. The number of halogens is 3. The Morgan fingerprint density at radius 2 is 1.83 bits per heavy atom. The molecule has 0 amide bonds. The number of nitrogens with one attached hydrogen (secondary N) is 2. The van der Waals surface area contributed by atoms with E-state index >= 15 is 0 Å². The number of fused-ring (bicyclic) bond motifs is 1. The third kappa shape index (κ3) is 4.19. The van der Waals surface area contributed by atoms with Gasteiger partial charge in [-0.15, -0.1) is 0 Å². The largest absolute Gasteiger partial charge is 0.416 e. The first kappa shape index (κ1) is 19.7. The Labute approximate surface area is 170 Å². The molecule has 0 atom stereocenters. The number of aromatic nitrogens is 4. The molecule has 0 fully saturated rings. The minimum Gasteiger partial charge on any atom is -0.366 e. The molecule has 0 aliphatic rings. The lowest BCUT2D eigenvalue weighted by Gasteiger charge is -2.15. The molecule has 0 aliphatic heterocycles. The lowest BCUT2D eigenvalue weighted by atomic mass is 10.1. The van der Waals surface area contributed by atoms with Gasteiger partial charge in [-0.1, -0.05) is 24.3 Å². The maximum Gasteiger partial charge on any atom is 0.416 e. The summed E-state index contributed by atoms with van der Waals surface area (Å²) in [7, 11) is 0. The van der Waals surface area contributed by atoms with E-state index in [-0.39, 0.29) is 12.1 Å². The van der Waals surface area contributed by atoms with Crippen LogP contribution in [-0.2, 0) is 19.3 Å². The molecule has 0 saturated heterocycles. The van der Waals surface area contributed by atoms with Crippen molar-refractivity contribution in [1.29, 1.82) is 0 Å². The van der Waals surface area contributed by atoms with Crippen LogP contribution in [0.1, 0.15) is 22.3 Å². The van der Waals surface area contributed by atoms with Gasteiger partial charge in [0.25, 0.3) is 0 Å². The quantitative estimate of drug-likeness (QED) is 0.482. The maximum absolute atomic E-state index is 13.2. The highest BCUT2D eigenvalue weighted by atomic mass is 19.4. The Kier molecular flexibility index (Phi) is 5.26. The average molecular weight is 412 g/mol. The SMILES string of the molecule is Cc1cnn2c(NCc3cccnc3)cc(NCc3ccccc3C(F)(F)F)nc12. The molecule has 2 N–H and O–H groups in total. The van der Waals surface area contributed by atoms with Crippen LogP contribution in [-0.4, -0.2) is 19.6 Å². The third-order valence-electron chi connectivity index (χ3n) is 4.63. The Hall–Kier alpha value is -3.62. The Morgan fingerprint density at radius 1 is 1.00 bits per heavy atom. The zero-order valence-electron chi connectivity index (χ0n) is 16.1. The Balaban J connectivity index is 1.60. The molecule has 0 saturated carbocycles. The molecule has 0 unspecified atom stereocenters. The van der Waals surface area contributed by atoms with Gasteiger partial charge in [-0.25, -0.2) is 4.98 Å². The van der Waals surface area contributed by atoms with Crippen molar-refractivity contribution in [3.8, 4) is 0 Å². The zero-order valence-corrected chi connectivity index (χ0v) is 16.1. The van der Waals surface area contributed by atoms with Crippen molar-refractivity contribution in [2.24, 2.45) is 0 Å². The highest BCUT2D eigenvalue weighted by molar-refractivity contribution is 5.60. The molecule has 4 rings (SSSR count). The molecule has 9 heteroatoms. The zero-order chi connectivity index (χ0) is 21.1. The molecule has 3 aromatic heterocycles. The van der Waals surface area contributed by atoms with E-state index in [0.717, 1.165) is 17.2 Å². The fourth-order valence-electron chi connectivity index (χ4n) is 3.12. The molecular formula is C21H19F3N6.